The number of rotatable bonds is 5. The Kier molecular flexibility index (Phi) is 6.19. The van der Waals surface area contributed by atoms with E-state index in [1.807, 2.05) is 0 Å². The largest absolute Gasteiger partial charge is 0.497 e. The third-order valence-electron chi connectivity index (χ3n) is 5.90. The number of methoxy groups -OCH3 is 1. The van der Waals surface area contributed by atoms with Crippen LogP contribution in [-0.4, -0.2) is 63.1 Å². The Morgan fingerprint density at radius 3 is 2.44 bits per heavy atom. The Morgan fingerprint density at radius 2 is 1.78 bits per heavy atom. The van der Waals surface area contributed by atoms with E-state index < -0.39 is 48.8 Å². The van der Waals surface area contributed by atoms with Crippen molar-refractivity contribution in [1.82, 2.24) is 4.57 Å². The van der Waals surface area contributed by atoms with Crippen LogP contribution in [-0.2, 0) is 11.3 Å². The van der Waals surface area contributed by atoms with Gasteiger partial charge in [-0.05, 0) is 30.7 Å². The highest BCUT2D eigenvalue weighted by Gasteiger charge is 2.45. The highest BCUT2D eigenvalue weighted by molar-refractivity contribution is 5.86. The zero-order valence-electron chi connectivity index (χ0n) is 17.6. The minimum Gasteiger partial charge on any atom is -0.497 e. The van der Waals surface area contributed by atoms with Crippen LogP contribution >= 0.6 is 0 Å². The van der Waals surface area contributed by atoms with E-state index in [4.69, 9.17) is 9.47 Å². The van der Waals surface area contributed by atoms with Crippen LogP contribution in [0.1, 0.15) is 22.8 Å². The Bertz CT molecular complexity index is 1130. The number of fused-ring (bicyclic) bond motifs is 1. The molecule has 0 bridgehead atoms. The van der Waals surface area contributed by atoms with E-state index >= 15 is 4.39 Å². The molecule has 0 aliphatic carbocycles. The number of halogens is 2. The van der Waals surface area contributed by atoms with E-state index in [-0.39, 0.29) is 12.1 Å². The molecule has 5 atom stereocenters. The molecule has 9 heteroatoms. The van der Waals surface area contributed by atoms with Crippen molar-refractivity contribution in [1.29, 1.82) is 0 Å². The van der Waals surface area contributed by atoms with Crippen LogP contribution in [0.4, 0.5) is 8.78 Å². The smallest absolute Gasteiger partial charge is 0.147 e. The maximum absolute atomic E-state index is 15.0. The number of aliphatic hydroxyl groups excluding tert-OH is 4. The first-order valence-corrected chi connectivity index (χ1v) is 10.2. The van der Waals surface area contributed by atoms with Gasteiger partial charge in [-0.25, -0.2) is 8.78 Å². The fraction of sp³-hybridized carbons (Fsp3) is 0.391. The molecule has 2 heterocycles. The molecule has 4 rings (SSSR count). The second-order valence-electron chi connectivity index (χ2n) is 8.06. The van der Waals surface area contributed by atoms with Crippen LogP contribution in [0.5, 0.6) is 5.75 Å². The molecular formula is C23H25F2NO6. The topological polar surface area (TPSA) is 104 Å². The summed E-state index contributed by atoms with van der Waals surface area (Å²) in [7, 11) is 1.43. The number of ether oxygens (including phenoxy) is 2. The van der Waals surface area contributed by atoms with Crippen LogP contribution in [0.25, 0.3) is 10.9 Å². The summed E-state index contributed by atoms with van der Waals surface area (Å²) in [5.41, 5.74) is 1.45. The highest BCUT2D eigenvalue weighted by Crippen LogP contribution is 2.38. The van der Waals surface area contributed by atoms with Crippen molar-refractivity contribution in [3.05, 3.63) is 64.9 Å². The minimum atomic E-state index is -1.57. The molecule has 1 fully saturated rings. The summed E-state index contributed by atoms with van der Waals surface area (Å²) < 4.78 is 41.8. The molecule has 2 aromatic carbocycles. The molecule has 32 heavy (non-hydrogen) atoms. The van der Waals surface area contributed by atoms with Gasteiger partial charge in [0, 0.05) is 28.8 Å². The van der Waals surface area contributed by atoms with E-state index in [1.165, 1.54) is 30.0 Å². The number of aryl methyl sites for hydroxylation is 1. The van der Waals surface area contributed by atoms with Crippen LogP contribution in [0.3, 0.4) is 0 Å². The van der Waals surface area contributed by atoms with E-state index in [2.05, 4.69) is 0 Å². The normalized spacial score (nSPS) is 25.9. The third-order valence-corrected chi connectivity index (χ3v) is 5.90. The predicted octanol–water partition coefficient (Wildman–Crippen LogP) is 1.80. The quantitative estimate of drug-likeness (QED) is 0.474. The lowest BCUT2D eigenvalue weighted by molar-refractivity contribution is -0.231. The zero-order valence-corrected chi connectivity index (χ0v) is 17.6. The molecule has 0 saturated carbocycles. The van der Waals surface area contributed by atoms with E-state index in [9.17, 15) is 24.8 Å². The zero-order chi connectivity index (χ0) is 23.2. The standard InChI is InChI=1S/C23H25F2NO6/c1-11-5-14-15(23-22(30)21(29)20(28)18(10-27)32-23)9-26(19(14)17(25)6-11)8-12-3-4-13(31-2)7-16(12)24/h3-7,9,18,20-23,27-30H,8,10H2,1-2H3/t18-,20-,21+,22-,23+/m1/s1. The molecule has 4 N–H and O–H groups in total. The monoisotopic (exact) mass is 449 g/mol. The summed E-state index contributed by atoms with van der Waals surface area (Å²) in [5.74, 6) is -0.703. The van der Waals surface area contributed by atoms with E-state index in [0.717, 1.165) is 0 Å². The fourth-order valence-corrected chi connectivity index (χ4v) is 4.23. The van der Waals surface area contributed by atoms with Crippen molar-refractivity contribution in [2.24, 2.45) is 0 Å². The maximum Gasteiger partial charge on any atom is 0.147 e. The van der Waals surface area contributed by atoms with E-state index in [1.54, 1.807) is 25.1 Å². The van der Waals surface area contributed by atoms with Crippen LogP contribution in [0, 0.1) is 18.6 Å². The Morgan fingerprint density at radius 1 is 1.03 bits per heavy atom. The van der Waals surface area contributed by atoms with Crippen molar-refractivity contribution in [2.75, 3.05) is 13.7 Å². The lowest BCUT2D eigenvalue weighted by Gasteiger charge is -2.40. The summed E-state index contributed by atoms with van der Waals surface area (Å²) in [6.45, 7) is 1.12. The summed E-state index contributed by atoms with van der Waals surface area (Å²) in [4.78, 5) is 0. The molecule has 172 valence electrons. The van der Waals surface area contributed by atoms with Crippen molar-refractivity contribution in [3.63, 3.8) is 0 Å². The molecule has 0 unspecified atom stereocenters. The van der Waals surface area contributed by atoms with Crippen LogP contribution < -0.4 is 4.74 Å². The van der Waals surface area contributed by atoms with Gasteiger partial charge in [-0.15, -0.1) is 0 Å². The van der Waals surface area contributed by atoms with Gasteiger partial charge in [0.2, 0.25) is 0 Å². The van der Waals surface area contributed by atoms with Gasteiger partial charge in [-0.3, -0.25) is 0 Å². The third kappa shape index (κ3) is 3.87. The van der Waals surface area contributed by atoms with Crippen molar-refractivity contribution >= 4 is 10.9 Å². The van der Waals surface area contributed by atoms with Gasteiger partial charge in [0.1, 0.15) is 47.9 Å². The van der Waals surface area contributed by atoms with Crippen molar-refractivity contribution < 1.29 is 38.7 Å². The van der Waals surface area contributed by atoms with Gasteiger partial charge in [0.05, 0.1) is 25.8 Å². The second-order valence-corrected chi connectivity index (χ2v) is 8.06. The van der Waals surface area contributed by atoms with Gasteiger partial charge in [-0.1, -0.05) is 6.07 Å². The number of hydrogen-bond donors (Lipinski definition) is 4. The molecule has 0 amide bonds. The molecule has 0 spiro atoms. The fourth-order valence-electron chi connectivity index (χ4n) is 4.23. The molecule has 3 aromatic rings. The van der Waals surface area contributed by atoms with Crippen molar-refractivity contribution in [2.45, 2.75) is 44.0 Å². The average molecular weight is 449 g/mol. The molecule has 1 aliphatic heterocycles. The summed E-state index contributed by atoms with van der Waals surface area (Å²) in [5, 5.41) is 40.8. The number of aromatic nitrogens is 1. The summed E-state index contributed by atoms with van der Waals surface area (Å²) in [6, 6.07) is 7.43. The van der Waals surface area contributed by atoms with Gasteiger partial charge in [0.15, 0.2) is 0 Å². The first-order valence-electron chi connectivity index (χ1n) is 10.2. The Hall–Kier alpha value is -2.56. The molecule has 1 aliphatic rings. The Balaban J connectivity index is 1.83. The van der Waals surface area contributed by atoms with Gasteiger partial charge in [0.25, 0.3) is 0 Å². The molecule has 1 saturated heterocycles. The molecule has 1 aromatic heterocycles. The average Bonchev–Trinajstić information content (AvgIpc) is 3.11. The van der Waals surface area contributed by atoms with Crippen molar-refractivity contribution in [3.8, 4) is 5.75 Å². The van der Waals surface area contributed by atoms with Crippen LogP contribution in [0.15, 0.2) is 36.5 Å². The minimum absolute atomic E-state index is 0.0102. The first kappa shape index (κ1) is 22.6. The molecular weight excluding hydrogens is 424 g/mol. The second kappa shape index (κ2) is 8.76. The predicted molar refractivity (Wildman–Crippen MR) is 111 cm³/mol. The number of hydrogen-bond acceptors (Lipinski definition) is 6. The van der Waals surface area contributed by atoms with Gasteiger partial charge < -0.3 is 34.5 Å². The van der Waals surface area contributed by atoms with Crippen LogP contribution in [0.2, 0.25) is 0 Å². The lowest BCUT2D eigenvalue weighted by atomic mass is 9.91. The van der Waals surface area contributed by atoms with Gasteiger partial charge >= 0.3 is 0 Å². The summed E-state index contributed by atoms with van der Waals surface area (Å²) >= 11 is 0. The maximum atomic E-state index is 15.0. The highest BCUT2D eigenvalue weighted by atomic mass is 19.1. The van der Waals surface area contributed by atoms with Gasteiger partial charge in [-0.2, -0.15) is 0 Å². The van der Waals surface area contributed by atoms with E-state index in [0.29, 0.717) is 27.8 Å². The molecule has 7 nitrogen and oxygen atoms in total. The lowest BCUT2D eigenvalue weighted by Crippen LogP contribution is -2.55. The first-order chi connectivity index (χ1) is 15.2. The SMILES string of the molecule is COc1ccc(Cn2cc([C@@H]3O[C@H](CO)[C@@H](O)[C@H](O)[C@H]3O)c3cc(C)cc(F)c32)c(F)c1. The summed E-state index contributed by atoms with van der Waals surface area (Å²) in [6.07, 6.45) is -5.32. The number of aliphatic hydroxyl groups is 4. The Labute approximate surface area is 183 Å². The number of nitrogens with zero attached hydrogens (tertiary/aromatic N) is 1. The molecule has 0 radical (unpaired) electrons. The number of benzene rings is 2.